The molecule has 0 radical (unpaired) electrons. The zero-order chi connectivity index (χ0) is 19.8. The number of hydrogen-bond acceptors (Lipinski definition) is 4. The molecule has 0 aromatic heterocycles. The van der Waals surface area contributed by atoms with E-state index in [0.29, 0.717) is 0 Å². The number of allylic oxidation sites excluding steroid dienone is 3. The predicted octanol–water partition coefficient (Wildman–Crippen LogP) is 4.02. The summed E-state index contributed by atoms with van der Waals surface area (Å²) < 4.78 is 63.4. The van der Waals surface area contributed by atoms with E-state index in [-0.39, 0.29) is 16.7 Å². The van der Waals surface area contributed by atoms with Gasteiger partial charge >= 0.3 is 0 Å². The Labute approximate surface area is 151 Å². The Morgan fingerprint density at radius 1 is 1.04 bits per heavy atom. The molecule has 1 fully saturated rings. The van der Waals surface area contributed by atoms with Crippen LogP contribution in [-0.2, 0) is 4.74 Å². The molecule has 4 nitrogen and oxygen atoms in total. The van der Waals surface area contributed by atoms with Crippen LogP contribution in [-0.4, -0.2) is 11.9 Å². The first-order valence-corrected chi connectivity index (χ1v) is 8.03. The Bertz CT molecular complexity index is 1090. The Morgan fingerprint density at radius 2 is 1.70 bits per heavy atom. The van der Waals surface area contributed by atoms with E-state index in [1.165, 1.54) is 13.8 Å². The average Bonchev–Trinajstić information content (AvgIpc) is 3.41. The van der Waals surface area contributed by atoms with Gasteiger partial charge in [0.1, 0.15) is 24.1 Å². The van der Waals surface area contributed by atoms with Crippen LogP contribution < -0.4 is 0 Å². The molecule has 136 valence electrons. The van der Waals surface area contributed by atoms with Gasteiger partial charge in [-0.25, -0.2) is 17.6 Å². The Kier molecular flexibility index (Phi) is 3.56. The maximum Gasteiger partial charge on any atom is 0.177 e. The molecule has 2 aliphatic carbocycles. The highest BCUT2D eigenvalue weighted by Crippen LogP contribution is 2.57. The fourth-order valence-electron chi connectivity index (χ4n) is 4.19. The lowest BCUT2D eigenvalue weighted by atomic mass is 9.74. The minimum atomic E-state index is -1.75. The normalized spacial score (nSPS) is 28.7. The average molecular weight is 374 g/mol. The van der Waals surface area contributed by atoms with Gasteiger partial charge < -0.3 is 4.74 Å². The maximum atomic E-state index is 14.7. The van der Waals surface area contributed by atoms with Gasteiger partial charge in [-0.15, -0.1) is 0 Å². The lowest BCUT2D eigenvalue weighted by Crippen LogP contribution is -2.32. The van der Waals surface area contributed by atoms with Crippen molar-refractivity contribution in [1.82, 2.24) is 0 Å². The first-order chi connectivity index (χ1) is 12.8. The third-order valence-electron chi connectivity index (χ3n) is 5.55. The molecule has 1 saturated heterocycles. The molecular weight excluding hydrogens is 364 g/mol. The summed E-state index contributed by atoms with van der Waals surface area (Å²) in [6.07, 6.45) is -1.68. The minimum Gasteiger partial charge on any atom is -0.364 e. The van der Waals surface area contributed by atoms with Gasteiger partial charge in [-0.05, 0) is 25.0 Å². The van der Waals surface area contributed by atoms with Crippen LogP contribution in [0.3, 0.4) is 0 Å². The van der Waals surface area contributed by atoms with E-state index in [9.17, 15) is 22.4 Å². The van der Waals surface area contributed by atoms with Crippen molar-refractivity contribution in [2.24, 2.45) is 11.8 Å². The number of carbonyl (C=O) groups excluding carboxylic acids is 1. The number of ether oxygens (including phenoxy) is 1. The smallest absolute Gasteiger partial charge is 0.177 e. The second kappa shape index (κ2) is 5.51. The Balaban J connectivity index is 2.04. The van der Waals surface area contributed by atoms with Gasteiger partial charge in [0.15, 0.2) is 23.2 Å². The Morgan fingerprint density at radius 3 is 2.30 bits per heavy atom. The molecule has 3 aliphatic rings. The zero-order valence-corrected chi connectivity index (χ0v) is 14.0. The lowest BCUT2D eigenvalue weighted by molar-refractivity contribution is 0.0865. The molecule has 1 aliphatic heterocycles. The minimum absolute atomic E-state index is 0.0191. The second-order valence-corrected chi connectivity index (χ2v) is 6.75. The van der Waals surface area contributed by atoms with Gasteiger partial charge in [-0.2, -0.15) is 10.5 Å². The molecule has 4 atom stereocenters. The van der Waals surface area contributed by atoms with Gasteiger partial charge in [0.25, 0.3) is 0 Å². The SMILES string of the molecule is CC1=C(C#N)C(F)=C(F)C2C(=O)c3c(F)c(F)c(C#N)c(C)c3C3OC3C12. The number of halogens is 4. The summed E-state index contributed by atoms with van der Waals surface area (Å²) in [4.78, 5) is 13.0. The van der Waals surface area contributed by atoms with Crippen molar-refractivity contribution in [3.63, 3.8) is 0 Å². The van der Waals surface area contributed by atoms with E-state index >= 15 is 0 Å². The largest absolute Gasteiger partial charge is 0.364 e. The first kappa shape index (κ1) is 17.4. The van der Waals surface area contributed by atoms with Crippen LogP contribution in [0, 0.1) is 53.1 Å². The second-order valence-electron chi connectivity index (χ2n) is 6.75. The number of epoxide rings is 1. The summed E-state index contributed by atoms with van der Waals surface area (Å²) in [5, 5.41) is 18.2. The molecular formula is C19H10F4N2O2. The molecule has 0 bridgehead atoms. The van der Waals surface area contributed by atoms with Gasteiger partial charge in [0.2, 0.25) is 0 Å². The highest BCUT2D eigenvalue weighted by Gasteiger charge is 2.59. The molecule has 8 heteroatoms. The molecule has 0 saturated carbocycles. The van der Waals surface area contributed by atoms with E-state index in [4.69, 9.17) is 15.3 Å². The first-order valence-electron chi connectivity index (χ1n) is 8.03. The van der Waals surface area contributed by atoms with E-state index < -0.39 is 69.8 Å². The number of nitrogens with zero attached hydrogens (tertiary/aromatic N) is 2. The van der Waals surface area contributed by atoms with Gasteiger partial charge in [0.05, 0.1) is 28.7 Å². The molecule has 1 heterocycles. The van der Waals surface area contributed by atoms with E-state index in [1.807, 2.05) is 0 Å². The van der Waals surface area contributed by atoms with E-state index in [1.54, 1.807) is 12.1 Å². The molecule has 0 N–H and O–H groups in total. The van der Waals surface area contributed by atoms with Crippen molar-refractivity contribution in [2.75, 3.05) is 0 Å². The highest BCUT2D eigenvalue weighted by atomic mass is 19.2. The molecule has 27 heavy (non-hydrogen) atoms. The number of hydrogen-bond donors (Lipinski definition) is 0. The number of benzene rings is 1. The Hall–Kier alpha value is -2.97. The predicted molar refractivity (Wildman–Crippen MR) is 82.3 cm³/mol. The van der Waals surface area contributed by atoms with Crippen LogP contribution in [0.15, 0.2) is 22.8 Å². The van der Waals surface area contributed by atoms with Crippen LogP contribution in [0.25, 0.3) is 0 Å². The van der Waals surface area contributed by atoms with Crippen LogP contribution in [0.5, 0.6) is 0 Å². The summed E-state index contributed by atoms with van der Waals surface area (Å²) in [5.41, 5.74) is -1.69. The van der Waals surface area contributed by atoms with Crippen molar-refractivity contribution < 1.29 is 27.1 Å². The molecule has 0 spiro atoms. The highest BCUT2D eigenvalue weighted by molar-refractivity contribution is 6.03. The van der Waals surface area contributed by atoms with Crippen LogP contribution in [0.4, 0.5) is 17.6 Å². The van der Waals surface area contributed by atoms with Crippen LogP contribution >= 0.6 is 0 Å². The fourth-order valence-corrected chi connectivity index (χ4v) is 4.19. The summed E-state index contributed by atoms with van der Waals surface area (Å²) in [6.45, 7) is 2.73. The van der Waals surface area contributed by atoms with E-state index in [2.05, 4.69) is 0 Å². The van der Waals surface area contributed by atoms with Gasteiger partial charge in [0, 0.05) is 11.5 Å². The van der Waals surface area contributed by atoms with E-state index in [0.717, 1.165) is 0 Å². The molecule has 1 aromatic carbocycles. The number of nitriles is 2. The van der Waals surface area contributed by atoms with Crippen molar-refractivity contribution >= 4 is 5.78 Å². The monoisotopic (exact) mass is 374 g/mol. The number of carbonyl (C=O) groups is 1. The summed E-state index contributed by atoms with van der Waals surface area (Å²) >= 11 is 0. The molecule has 4 rings (SSSR count). The quantitative estimate of drug-likeness (QED) is 0.508. The number of ketones is 1. The summed E-state index contributed by atoms with van der Waals surface area (Å²) in [5.74, 6) is -9.95. The number of Topliss-reactive ketones (excluding diaryl/α,β-unsaturated/α-hetero) is 1. The van der Waals surface area contributed by atoms with Crippen molar-refractivity contribution in [3.05, 3.63) is 56.7 Å². The standard InChI is InChI=1S/C19H10F4N2O2/c1-5-7(3-24)13(20)15(22)11-9(5)18-19(27-18)10-6(2)8(4-25)14(21)16(23)12(10)17(11)26/h9,11,18-19H,1-2H3. The van der Waals surface area contributed by atoms with Crippen molar-refractivity contribution in [1.29, 1.82) is 10.5 Å². The number of fused-ring (bicyclic) bond motifs is 5. The summed E-state index contributed by atoms with van der Waals surface area (Å²) in [7, 11) is 0. The van der Waals surface area contributed by atoms with Crippen molar-refractivity contribution in [3.8, 4) is 12.1 Å². The zero-order valence-electron chi connectivity index (χ0n) is 14.0. The molecule has 1 aromatic rings. The fraction of sp³-hybridized carbons (Fsp3) is 0.316. The number of rotatable bonds is 0. The van der Waals surface area contributed by atoms with Crippen molar-refractivity contribution in [2.45, 2.75) is 26.1 Å². The van der Waals surface area contributed by atoms with Crippen LogP contribution in [0.2, 0.25) is 0 Å². The third kappa shape index (κ3) is 2.02. The van der Waals surface area contributed by atoms with Gasteiger partial charge in [-0.3, -0.25) is 4.79 Å². The lowest BCUT2D eigenvalue weighted by Gasteiger charge is -2.28. The van der Waals surface area contributed by atoms with Gasteiger partial charge in [-0.1, -0.05) is 0 Å². The molecule has 4 unspecified atom stereocenters. The summed E-state index contributed by atoms with van der Waals surface area (Å²) in [6, 6.07) is 3.13. The maximum absolute atomic E-state index is 14.7. The van der Waals surface area contributed by atoms with Crippen LogP contribution in [0.1, 0.15) is 40.1 Å². The third-order valence-corrected chi connectivity index (χ3v) is 5.55. The topological polar surface area (TPSA) is 77.2 Å². The molecule has 0 amide bonds.